The lowest BCUT2D eigenvalue weighted by Crippen LogP contribution is -2.52. The zero-order chi connectivity index (χ0) is 18.5. The molecule has 0 saturated carbocycles. The summed E-state index contributed by atoms with van der Waals surface area (Å²) in [4.78, 5) is 9.48. The van der Waals surface area contributed by atoms with Crippen LogP contribution < -0.4 is 5.32 Å². The molecule has 2 unspecified atom stereocenters. The summed E-state index contributed by atoms with van der Waals surface area (Å²) in [6, 6.07) is 0.560. The van der Waals surface area contributed by atoms with Gasteiger partial charge >= 0.3 is 0 Å². The van der Waals surface area contributed by atoms with Crippen LogP contribution >= 0.6 is 0 Å². The van der Waals surface area contributed by atoms with E-state index in [1.807, 2.05) is 31.2 Å². The fourth-order valence-corrected chi connectivity index (χ4v) is 4.04. The Morgan fingerprint density at radius 3 is 2.73 bits per heavy atom. The van der Waals surface area contributed by atoms with Crippen LogP contribution in [0.2, 0.25) is 0 Å². The van der Waals surface area contributed by atoms with Gasteiger partial charge in [-0.3, -0.25) is 14.6 Å². The minimum Gasteiger partial charge on any atom is -0.370 e. The van der Waals surface area contributed by atoms with E-state index >= 15 is 0 Å². The van der Waals surface area contributed by atoms with E-state index < -0.39 is 0 Å². The van der Waals surface area contributed by atoms with Crippen molar-refractivity contribution in [2.24, 2.45) is 18.0 Å². The molecule has 7 heteroatoms. The van der Waals surface area contributed by atoms with Crippen molar-refractivity contribution < 1.29 is 4.74 Å². The standard InChI is InChI=1S/C19H34N6O/c1-15(2)17(24-7-5-6-8-24)12-21-19(20-3)25-9-10-26-18(14-25)16-11-22-23(4)13-16/h11,13,15,17-18H,5-10,12,14H2,1-4H3,(H,20,21). The highest BCUT2D eigenvalue weighted by Gasteiger charge is 2.28. The van der Waals surface area contributed by atoms with E-state index in [9.17, 15) is 0 Å². The van der Waals surface area contributed by atoms with Crippen molar-refractivity contribution >= 4 is 5.96 Å². The smallest absolute Gasteiger partial charge is 0.193 e. The number of nitrogens with one attached hydrogen (secondary N) is 1. The van der Waals surface area contributed by atoms with Gasteiger partial charge in [0.15, 0.2) is 5.96 Å². The molecular formula is C19H34N6O. The fourth-order valence-electron chi connectivity index (χ4n) is 4.04. The largest absolute Gasteiger partial charge is 0.370 e. The molecule has 2 fully saturated rings. The molecule has 7 nitrogen and oxygen atoms in total. The molecule has 2 atom stereocenters. The SMILES string of the molecule is CN=C(NCC(C(C)C)N1CCCC1)N1CCOC(c2cnn(C)c2)C1. The second-order valence-electron chi connectivity index (χ2n) is 7.74. The molecule has 3 rings (SSSR count). The Morgan fingerprint density at radius 1 is 1.35 bits per heavy atom. The van der Waals surface area contributed by atoms with E-state index in [1.54, 1.807) is 0 Å². The van der Waals surface area contributed by atoms with Crippen molar-refractivity contribution in [3.8, 4) is 0 Å². The van der Waals surface area contributed by atoms with Crippen LogP contribution in [0.5, 0.6) is 0 Å². The van der Waals surface area contributed by atoms with Gasteiger partial charge in [0.2, 0.25) is 0 Å². The van der Waals surface area contributed by atoms with Crippen LogP contribution in [0.25, 0.3) is 0 Å². The molecule has 1 N–H and O–H groups in total. The van der Waals surface area contributed by atoms with E-state index in [0.717, 1.165) is 31.2 Å². The first-order valence-electron chi connectivity index (χ1n) is 9.88. The van der Waals surface area contributed by atoms with E-state index in [-0.39, 0.29) is 6.10 Å². The third kappa shape index (κ3) is 4.57. The maximum Gasteiger partial charge on any atom is 0.193 e. The summed E-state index contributed by atoms with van der Waals surface area (Å²) < 4.78 is 7.79. The fraction of sp³-hybridized carbons (Fsp3) is 0.789. The lowest BCUT2D eigenvalue weighted by atomic mass is 10.0. The Labute approximate surface area is 157 Å². The molecule has 0 amide bonds. The normalized spacial score (nSPS) is 23.7. The molecule has 0 aromatic carbocycles. The first kappa shape index (κ1) is 19.2. The van der Waals surface area contributed by atoms with Crippen LogP contribution in [0.4, 0.5) is 0 Å². The van der Waals surface area contributed by atoms with Crippen LogP contribution in [0.3, 0.4) is 0 Å². The van der Waals surface area contributed by atoms with Gasteiger partial charge < -0.3 is 15.0 Å². The molecule has 2 aliphatic heterocycles. The first-order chi connectivity index (χ1) is 12.6. The predicted octanol–water partition coefficient (Wildman–Crippen LogP) is 1.49. The summed E-state index contributed by atoms with van der Waals surface area (Å²) >= 11 is 0. The molecule has 3 heterocycles. The van der Waals surface area contributed by atoms with Crippen molar-refractivity contribution in [1.29, 1.82) is 0 Å². The van der Waals surface area contributed by atoms with Crippen LogP contribution in [0.15, 0.2) is 17.4 Å². The van der Waals surface area contributed by atoms with E-state index in [0.29, 0.717) is 18.6 Å². The van der Waals surface area contributed by atoms with Crippen molar-refractivity contribution in [3.63, 3.8) is 0 Å². The Hall–Kier alpha value is -1.60. The maximum atomic E-state index is 5.96. The number of morpholine rings is 1. The van der Waals surface area contributed by atoms with Crippen LogP contribution in [-0.2, 0) is 11.8 Å². The Morgan fingerprint density at radius 2 is 2.12 bits per heavy atom. The third-order valence-corrected chi connectivity index (χ3v) is 5.52. The second-order valence-corrected chi connectivity index (χ2v) is 7.74. The molecule has 1 aromatic rings. The minimum absolute atomic E-state index is 0.0514. The van der Waals surface area contributed by atoms with Gasteiger partial charge in [-0.25, -0.2) is 0 Å². The molecule has 0 radical (unpaired) electrons. The highest BCUT2D eigenvalue weighted by molar-refractivity contribution is 5.80. The monoisotopic (exact) mass is 362 g/mol. The molecule has 1 aromatic heterocycles. The molecule has 2 aliphatic rings. The van der Waals surface area contributed by atoms with E-state index in [1.165, 1.54) is 25.9 Å². The maximum absolute atomic E-state index is 5.96. The number of guanidine groups is 1. The molecule has 146 valence electrons. The minimum atomic E-state index is 0.0514. The van der Waals surface area contributed by atoms with Crippen LogP contribution in [-0.4, -0.2) is 78.0 Å². The number of likely N-dealkylation sites (tertiary alicyclic amines) is 1. The highest BCUT2D eigenvalue weighted by atomic mass is 16.5. The van der Waals surface area contributed by atoms with Gasteiger partial charge in [-0.2, -0.15) is 5.10 Å². The van der Waals surface area contributed by atoms with Crippen LogP contribution in [0.1, 0.15) is 38.4 Å². The summed E-state index contributed by atoms with van der Waals surface area (Å²) in [6.07, 6.45) is 6.64. The summed E-state index contributed by atoms with van der Waals surface area (Å²) in [5.74, 6) is 1.61. The summed E-state index contributed by atoms with van der Waals surface area (Å²) in [5, 5.41) is 7.90. The van der Waals surface area contributed by atoms with Crippen molar-refractivity contribution in [2.45, 2.75) is 38.8 Å². The molecule has 26 heavy (non-hydrogen) atoms. The number of nitrogens with zero attached hydrogens (tertiary/aromatic N) is 5. The average molecular weight is 363 g/mol. The number of aromatic nitrogens is 2. The Bertz CT molecular complexity index is 593. The zero-order valence-electron chi connectivity index (χ0n) is 16.7. The third-order valence-electron chi connectivity index (χ3n) is 5.52. The number of ether oxygens (including phenoxy) is 1. The summed E-state index contributed by atoms with van der Waals surface area (Å²) in [7, 11) is 3.81. The number of aryl methyl sites for hydroxylation is 1. The van der Waals surface area contributed by atoms with Gasteiger partial charge in [0, 0.05) is 45.0 Å². The lowest BCUT2D eigenvalue weighted by Gasteiger charge is -2.36. The molecule has 0 spiro atoms. The summed E-state index contributed by atoms with van der Waals surface area (Å²) in [5.41, 5.74) is 1.13. The Balaban J connectivity index is 1.59. The van der Waals surface area contributed by atoms with E-state index in [4.69, 9.17) is 4.74 Å². The van der Waals surface area contributed by atoms with Crippen LogP contribution in [0, 0.1) is 5.92 Å². The molecule has 2 saturated heterocycles. The molecule has 0 aliphatic carbocycles. The van der Waals surface area contributed by atoms with Gasteiger partial charge in [-0.1, -0.05) is 13.8 Å². The zero-order valence-corrected chi connectivity index (χ0v) is 16.7. The van der Waals surface area contributed by atoms with Crippen molar-refractivity contribution in [2.75, 3.05) is 46.4 Å². The summed E-state index contributed by atoms with van der Waals surface area (Å²) in [6.45, 7) is 10.4. The van der Waals surface area contributed by atoms with Gasteiger partial charge in [0.1, 0.15) is 6.10 Å². The average Bonchev–Trinajstić information content (AvgIpc) is 3.30. The number of rotatable bonds is 5. The highest BCUT2D eigenvalue weighted by Crippen LogP contribution is 2.22. The number of hydrogen-bond donors (Lipinski definition) is 1. The molecular weight excluding hydrogens is 328 g/mol. The lowest BCUT2D eigenvalue weighted by molar-refractivity contribution is -0.00817. The van der Waals surface area contributed by atoms with Gasteiger partial charge in [-0.05, 0) is 31.8 Å². The molecule has 0 bridgehead atoms. The second kappa shape index (κ2) is 8.86. The van der Waals surface area contributed by atoms with Gasteiger partial charge in [-0.15, -0.1) is 0 Å². The number of hydrogen-bond acceptors (Lipinski definition) is 4. The van der Waals surface area contributed by atoms with Crippen molar-refractivity contribution in [3.05, 3.63) is 18.0 Å². The quantitative estimate of drug-likeness (QED) is 0.635. The van der Waals surface area contributed by atoms with E-state index in [2.05, 4.69) is 39.1 Å². The van der Waals surface area contributed by atoms with Gasteiger partial charge in [0.05, 0.1) is 19.3 Å². The topological polar surface area (TPSA) is 57.9 Å². The van der Waals surface area contributed by atoms with Gasteiger partial charge in [0.25, 0.3) is 0 Å². The predicted molar refractivity (Wildman–Crippen MR) is 104 cm³/mol. The number of aliphatic imine (C=N–C) groups is 1. The first-order valence-corrected chi connectivity index (χ1v) is 9.88. The Kier molecular flexibility index (Phi) is 6.53. The van der Waals surface area contributed by atoms with Crippen molar-refractivity contribution in [1.82, 2.24) is 24.9 Å².